The fraction of sp³-hybridized carbons (Fsp3) is 0.550. The molecule has 1 fully saturated rings. The van der Waals surface area contributed by atoms with Gasteiger partial charge in [-0.25, -0.2) is 4.79 Å². The van der Waals surface area contributed by atoms with E-state index >= 15 is 0 Å². The Morgan fingerprint density at radius 1 is 1.46 bits per heavy atom. The van der Waals surface area contributed by atoms with Crippen LogP contribution in [0.25, 0.3) is 0 Å². The Morgan fingerprint density at radius 2 is 2.29 bits per heavy atom. The molecular weight excluding hydrogens is 300 g/mol. The molecule has 4 aliphatic rings. The van der Waals surface area contributed by atoms with Crippen LogP contribution >= 0.6 is 0 Å². The lowest BCUT2D eigenvalue weighted by molar-refractivity contribution is -0.132. The molecule has 24 heavy (non-hydrogen) atoms. The largest absolute Gasteiger partial charge is 0.431 e. The second-order valence-electron chi connectivity index (χ2n) is 8.00. The predicted octanol–water partition coefficient (Wildman–Crippen LogP) is 4.37. The molecular formula is C20H24N2O2. The molecule has 0 aromatic rings. The van der Waals surface area contributed by atoms with Gasteiger partial charge in [0.2, 0.25) is 0 Å². The minimum Gasteiger partial charge on any atom is -0.431 e. The first-order valence-electron chi connectivity index (χ1n) is 8.76. The molecule has 2 unspecified atom stereocenters. The summed E-state index contributed by atoms with van der Waals surface area (Å²) < 4.78 is 4.89. The van der Waals surface area contributed by atoms with Gasteiger partial charge in [-0.3, -0.25) is 0 Å². The summed E-state index contributed by atoms with van der Waals surface area (Å²) >= 11 is 0. The van der Waals surface area contributed by atoms with Gasteiger partial charge < -0.3 is 4.74 Å². The van der Waals surface area contributed by atoms with E-state index in [-0.39, 0.29) is 22.8 Å². The summed E-state index contributed by atoms with van der Waals surface area (Å²) in [7, 11) is 0. The van der Waals surface area contributed by atoms with Gasteiger partial charge in [-0.1, -0.05) is 44.2 Å². The van der Waals surface area contributed by atoms with E-state index in [1.54, 1.807) is 6.08 Å². The summed E-state index contributed by atoms with van der Waals surface area (Å²) in [5, 5.41) is 8.80. The van der Waals surface area contributed by atoms with Gasteiger partial charge in [-0.2, -0.15) is 10.2 Å². The molecule has 1 saturated carbocycles. The first kappa shape index (κ1) is 15.6. The van der Waals surface area contributed by atoms with E-state index < -0.39 is 0 Å². The molecule has 2 aliphatic carbocycles. The summed E-state index contributed by atoms with van der Waals surface area (Å²) in [5.41, 5.74) is 2.10. The summed E-state index contributed by atoms with van der Waals surface area (Å²) in [6.45, 7) is 9.87. The Kier molecular flexibility index (Phi) is 3.41. The third-order valence-corrected chi connectivity index (χ3v) is 6.71. The molecule has 4 nitrogen and oxygen atoms in total. The number of ether oxygens (including phenoxy) is 1. The number of carbonyl (C=O) groups excluding carboxylic acids is 1. The topological polar surface area (TPSA) is 51.0 Å². The zero-order valence-electron chi connectivity index (χ0n) is 14.4. The molecule has 2 aliphatic heterocycles. The van der Waals surface area contributed by atoms with Crippen LogP contribution in [-0.4, -0.2) is 18.6 Å². The summed E-state index contributed by atoms with van der Waals surface area (Å²) in [4.78, 5) is 11.7. The van der Waals surface area contributed by atoms with Crippen LogP contribution < -0.4 is 0 Å². The number of carbonyl (C=O) groups is 1. The predicted molar refractivity (Wildman–Crippen MR) is 92.2 cm³/mol. The number of hydrogen-bond acceptors (Lipinski definition) is 4. The third-order valence-electron chi connectivity index (χ3n) is 6.71. The lowest BCUT2D eigenvalue weighted by Gasteiger charge is -2.56. The highest BCUT2D eigenvalue weighted by Crippen LogP contribution is 2.61. The van der Waals surface area contributed by atoms with Crippen molar-refractivity contribution in [2.24, 2.45) is 32.9 Å². The van der Waals surface area contributed by atoms with E-state index in [0.29, 0.717) is 17.4 Å². The van der Waals surface area contributed by atoms with Crippen LogP contribution in [0.3, 0.4) is 0 Å². The number of esters is 1. The Hall–Kier alpha value is -1.97. The van der Waals surface area contributed by atoms with E-state index in [9.17, 15) is 4.79 Å². The number of allylic oxidation sites excluding steroid dienone is 3. The number of fused-ring (bicyclic) bond motifs is 3. The minimum atomic E-state index is -0.252. The van der Waals surface area contributed by atoms with Gasteiger partial charge in [0.1, 0.15) is 0 Å². The minimum absolute atomic E-state index is 0.0409. The highest BCUT2D eigenvalue weighted by molar-refractivity contribution is 5.94. The first-order chi connectivity index (χ1) is 11.4. The van der Waals surface area contributed by atoms with E-state index in [2.05, 4.69) is 42.8 Å². The molecule has 0 spiro atoms. The van der Waals surface area contributed by atoms with Crippen molar-refractivity contribution in [1.29, 1.82) is 0 Å². The van der Waals surface area contributed by atoms with Gasteiger partial charge >= 0.3 is 5.97 Å². The number of azo groups is 1. The van der Waals surface area contributed by atoms with Gasteiger partial charge in [0.15, 0.2) is 0 Å². The van der Waals surface area contributed by atoms with Gasteiger partial charge in [-0.05, 0) is 42.6 Å². The normalized spacial score (nSPS) is 44.8. The summed E-state index contributed by atoms with van der Waals surface area (Å²) in [6.07, 6.45) is 12.8. The molecule has 2 heterocycles. The molecule has 0 aromatic carbocycles. The van der Waals surface area contributed by atoms with Crippen molar-refractivity contribution in [1.82, 2.24) is 0 Å². The lowest BCUT2D eigenvalue weighted by Crippen LogP contribution is -2.52. The van der Waals surface area contributed by atoms with Crippen LogP contribution in [0.2, 0.25) is 0 Å². The molecule has 0 bridgehead atoms. The van der Waals surface area contributed by atoms with Crippen LogP contribution in [0.5, 0.6) is 0 Å². The maximum absolute atomic E-state index is 11.7. The van der Waals surface area contributed by atoms with Gasteiger partial charge in [-0.15, -0.1) is 0 Å². The molecule has 0 radical (unpaired) electrons. The second kappa shape index (κ2) is 5.27. The number of rotatable bonds is 2. The standard InChI is InChI=1S/C20H24N2O2/c1-13-4-7-16-19(2,10-8-17-20(16,3)12-21-22-17)15(13)6-5-14-9-11-24-18(14)23/h5,8-11,15-17H,1,4,6-7,12H2,2-3H3/t15-,16?,17?,19+,20+/m1/s1. The van der Waals surface area contributed by atoms with Crippen molar-refractivity contribution in [2.75, 3.05) is 6.54 Å². The average Bonchev–Trinajstić information content (AvgIpc) is 3.11. The zero-order valence-corrected chi connectivity index (χ0v) is 14.4. The Balaban J connectivity index is 1.66. The van der Waals surface area contributed by atoms with Crippen molar-refractivity contribution in [3.63, 3.8) is 0 Å². The maximum Gasteiger partial charge on any atom is 0.342 e. The molecule has 0 saturated heterocycles. The van der Waals surface area contributed by atoms with Crippen LogP contribution in [0.4, 0.5) is 0 Å². The van der Waals surface area contributed by atoms with E-state index in [1.165, 1.54) is 11.8 Å². The number of nitrogens with zero attached hydrogens (tertiary/aromatic N) is 2. The molecule has 5 atom stereocenters. The van der Waals surface area contributed by atoms with Crippen molar-refractivity contribution < 1.29 is 9.53 Å². The lowest BCUT2D eigenvalue weighted by atomic mass is 9.48. The SMILES string of the molecule is C=C1CCC2[C@]3(C)CN=NC3C=C[C@@]2(C)[C@@H]1CC=C1C=COC1=O. The molecule has 4 rings (SSSR count). The fourth-order valence-electron chi connectivity index (χ4n) is 5.27. The average molecular weight is 324 g/mol. The fourth-order valence-corrected chi connectivity index (χ4v) is 5.27. The monoisotopic (exact) mass is 324 g/mol. The van der Waals surface area contributed by atoms with E-state index in [0.717, 1.165) is 25.8 Å². The van der Waals surface area contributed by atoms with Crippen LogP contribution in [0.1, 0.15) is 33.1 Å². The van der Waals surface area contributed by atoms with E-state index in [4.69, 9.17) is 4.74 Å². The summed E-state index contributed by atoms with van der Waals surface area (Å²) in [5.74, 6) is 0.618. The molecule has 0 aromatic heterocycles. The van der Waals surface area contributed by atoms with Crippen molar-refractivity contribution in [2.45, 2.75) is 39.2 Å². The van der Waals surface area contributed by atoms with Crippen LogP contribution in [0.15, 0.2) is 58.5 Å². The van der Waals surface area contributed by atoms with E-state index in [1.807, 2.05) is 6.08 Å². The Labute approximate surface area is 143 Å². The van der Waals surface area contributed by atoms with Crippen molar-refractivity contribution in [3.05, 3.63) is 48.3 Å². The molecule has 126 valence electrons. The van der Waals surface area contributed by atoms with Gasteiger partial charge in [0, 0.05) is 5.41 Å². The van der Waals surface area contributed by atoms with Gasteiger partial charge in [0.05, 0.1) is 24.4 Å². The number of cyclic esters (lactones) is 1. The smallest absolute Gasteiger partial charge is 0.342 e. The second-order valence-corrected chi connectivity index (χ2v) is 8.00. The van der Waals surface area contributed by atoms with Crippen LogP contribution in [-0.2, 0) is 9.53 Å². The molecule has 0 amide bonds. The highest BCUT2D eigenvalue weighted by Gasteiger charge is 2.57. The first-order valence-corrected chi connectivity index (χ1v) is 8.76. The van der Waals surface area contributed by atoms with Crippen molar-refractivity contribution in [3.8, 4) is 0 Å². The molecule has 0 N–H and O–H groups in total. The zero-order chi connectivity index (χ0) is 16.9. The Bertz CT molecular complexity index is 717. The van der Waals surface area contributed by atoms with Crippen molar-refractivity contribution >= 4 is 5.97 Å². The number of hydrogen-bond donors (Lipinski definition) is 0. The van der Waals surface area contributed by atoms with Gasteiger partial charge in [0.25, 0.3) is 0 Å². The highest BCUT2D eigenvalue weighted by atomic mass is 16.5. The maximum atomic E-state index is 11.7. The third kappa shape index (κ3) is 2.08. The quantitative estimate of drug-likeness (QED) is 0.430. The Morgan fingerprint density at radius 3 is 3.04 bits per heavy atom. The van der Waals surface area contributed by atoms with Crippen LogP contribution in [0, 0.1) is 22.7 Å². The molecule has 4 heteroatoms. The summed E-state index contributed by atoms with van der Waals surface area (Å²) in [6, 6.07) is 0.216.